The zero-order chi connectivity index (χ0) is 15.3. The Labute approximate surface area is 117 Å². The predicted molar refractivity (Wildman–Crippen MR) is 75.7 cm³/mol. The zero-order valence-corrected chi connectivity index (χ0v) is 11.8. The summed E-state index contributed by atoms with van der Waals surface area (Å²) in [6.07, 6.45) is 0.0663. The van der Waals surface area contributed by atoms with Crippen molar-refractivity contribution >= 4 is 17.3 Å². The van der Waals surface area contributed by atoms with Gasteiger partial charge in [0.15, 0.2) is 0 Å². The predicted octanol–water partition coefficient (Wildman–Crippen LogP) is 1.09. The Hall–Kier alpha value is -2.15. The van der Waals surface area contributed by atoms with Gasteiger partial charge >= 0.3 is 5.97 Å². The van der Waals surface area contributed by atoms with Gasteiger partial charge in [-0.25, -0.2) is 0 Å². The second kappa shape index (κ2) is 6.85. The van der Waals surface area contributed by atoms with Gasteiger partial charge in [0.05, 0.1) is 11.5 Å². The molecule has 7 heteroatoms. The van der Waals surface area contributed by atoms with E-state index in [0.29, 0.717) is 5.56 Å². The molecule has 1 aromatic carbocycles. The first-order valence-corrected chi connectivity index (χ1v) is 6.23. The fraction of sp³-hybridized carbons (Fsp3) is 0.462. The number of nitro benzene ring substituents is 1. The van der Waals surface area contributed by atoms with E-state index in [1.165, 1.54) is 6.07 Å². The van der Waals surface area contributed by atoms with E-state index in [9.17, 15) is 14.9 Å². The van der Waals surface area contributed by atoms with Gasteiger partial charge in [0.2, 0.25) is 0 Å². The number of nitrogens with two attached hydrogens (primary N) is 1. The van der Waals surface area contributed by atoms with Gasteiger partial charge in [-0.1, -0.05) is 0 Å². The first-order valence-electron chi connectivity index (χ1n) is 6.23. The third-order valence-corrected chi connectivity index (χ3v) is 2.81. The Morgan fingerprint density at radius 1 is 1.50 bits per heavy atom. The molecule has 0 aromatic heterocycles. The lowest BCUT2D eigenvalue weighted by Gasteiger charge is -2.15. The first kappa shape index (κ1) is 15.9. The molecule has 0 bridgehead atoms. The number of benzene rings is 1. The number of ether oxygens (including phenoxy) is 1. The zero-order valence-electron chi connectivity index (χ0n) is 11.8. The van der Waals surface area contributed by atoms with Crippen LogP contribution in [0.2, 0.25) is 0 Å². The second-order valence-corrected chi connectivity index (χ2v) is 4.53. The second-order valence-electron chi connectivity index (χ2n) is 4.53. The van der Waals surface area contributed by atoms with Crippen LogP contribution in [0.1, 0.15) is 12.5 Å². The van der Waals surface area contributed by atoms with Gasteiger partial charge in [0, 0.05) is 37.8 Å². The lowest BCUT2D eigenvalue weighted by atomic mass is 10.0. The fourth-order valence-corrected chi connectivity index (χ4v) is 1.76. The molecule has 0 radical (unpaired) electrons. The Bertz CT molecular complexity index is 502. The fourth-order valence-electron chi connectivity index (χ4n) is 1.76. The van der Waals surface area contributed by atoms with Crippen molar-refractivity contribution in [2.24, 2.45) is 5.73 Å². The van der Waals surface area contributed by atoms with Crippen LogP contribution < -0.4 is 10.6 Å². The summed E-state index contributed by atoms with van der Waals surface area (Å²) in [5.41, 5.74) is 6.90. The van der Waals surface area contributed by atoms with Crippen LogP contribution in [-0.2, 0) is 16.0 Å². The van der Waals surface area contributed by atoms with Gasteiger partial charge in [0.1, 0.15) is 6.04 Å². The molecule has 0 spiro atoms. The number of hydrogen-bond acceptors (Lipinski definition) is 6. The molecule has 1 rings (SSSR count). The average molecular weight is 281 g/mol. The summed E-state index contributed by atoms with van der Waals surface area (Å²) < 4.78 is 4.81. The molecular formula is C13H19N3O4. The average Bonchev–Trinajstić information content (AvgIpc) is 2.38. The number of rotatable bonds is 6. The highest BCUT2D eigenvalue weighted by atomic mass is 16.6. The van der Waals surface area contributed by atoms with Crippen molar-refractivity contribution in [3.63, 3.8) is 0 Å². The summed E-state index contributed by atoms with van der Waals surface area (Å²) >= 11 is 0. The molecule has 0 saturated heterocycles. The van der Waals surface area contributed by atoms with Crippen LogP contribution in [0.5, 0.6) is 0 Å². The number of carbonyl (C=O) groups is 1. The summed E-state index contributed by atoms with van der Waals surface area (Å²) in [4.78, 5) is 23.9. The minimum absolute atomic E-state index is 0.0460. The highest BCUT2D eigenvalue weighted by Crippen LogP contribution is 2.25. The summed E-state index contributed by atoms with van der Waals surface area (Å²) in [5, 5.41) is 11.0. The minimum Gasteiger partial charge on any atom is -0.465 e. The van der Waals surface area contributed by atoms with Crippen molar-refractivity contribution in [1.82, 2.24) is 0 Å². The summed E-state index contributed by atoms with van der Waals surface area (Å²) in [5.74, 6) is -0.558. The largest absolute Gasteiger partial charge is 0.465 e. The Morgan fingerprint density at radius 2 is 2.15 bits per heavy atom. The molecule has 0 amide bonds. The summed E-state index contributed by atoms with van der Waals surface area (Å²) in [6.45, 7) is 1.91. The third-order valence-electron chi connectivity index (χ3n) is 2.81. The molecule has 0 fully saturated rings. The number of anilines is 1. The van der Waals surface area contributed by atoms with Crippen molar-refractivity contribution in [2.75, 3.05) is 25.6 Å². The van der Waals surface area contributed by atoms with Gasteiger partial charge in [-0.2, -0.15) is 0 Å². The lowest BCUT2D eigenvalue weighted by molar-refractivity contribution is -0.385. The van der Waals surface area contributed by atoms with E-state index >= 15 is 0 Å². The Kier molecular flexibility index (Phi) is 5.45. The Morgan fingerprint density at radius 3 is 2.65 bits per heavy atom. The van der Waals surface area contributed by atoms with Crippen LogP contribution in [0.3, 0.4) is 0 Å². The molecular weight excluding hydrogens is 262 g/mol. The van der Waals surface area contributed by atoms with Crippen LogP contribution in [0.25, 0.3) is 0 Å². The molecule has 0 saturated carbocycles. The topological polar surface area (TPSA) is 98.7 Å². The van der Waals surface area contributed by atoms with Crippen LogP contribution in [-0.4, -0.2) is 37.6 Å². The molecule has 110 valence electrons. The van der Waals surface area contributed by atoms with E-state index in [-0.39, 0.29) is 18.7 Å². The van der Waals surface area contributed by atoms with E-state index in [2.05, 4.69) is 0 Å². The van der Waals surface area contributed by atoms with Crippen LogP contribution in [0.15, 0.2) is 18.2 Å². The van der Waals surface area contributed by atoms with Gasteiger partial charge in [0.25, 0.3) is 5.69 Å². The van der Waals surface area contributed by atoms with Gasteiger partial charge in [-0.15, -0.1) is 0 Å². The molecule has 0 aliphatic heterocycles. The van der Waals surface area contributed by atoms with Gasteiger partial charge in [-0.05, 0) is 19.1 Å². The number of nitrogens with zero attached hydrogens (tertiary/aromatic N) is 2. The molecule has 1 atom stereocenters. The molecule has 20 heavy (non-hydrogen) atoms. The van der Waals surface area contributed by atoms with E-state index in [1.54, 1.807) is 19.1 Å². The van der Waals surface area contributed by atoms with E-state index in [0.717, 1.165) is 5.69 Å². The number of carbonyl (C=O) groups excluding carboxylic acids is 1. The summed E-state index contributed by atoms with van der Waals surface area (Å²) in [6, 6.07) is 3.82. The monoisotopic (exact) mass is 281 g/mol. The molecule has 0 aliphatic carbocycles. The van der Waals surface area contributed by atoms with E-state index in [4.69, 9.17) is 10.5 Å². The van der Waals surface area contributed by atoms with Crippen LogP contribution >= 0.6 is 0 Å². The first-order chi connectivity index (χ1) is 9.36. The standard InChI is InChI=1S/C13H19N3O4/c1-4-20-13(17)11(14)8-9-7-10(15(2)3)5-6-12(9)16(18)19/h5-7,11H,4,8,14H2,1-3H3. The maximum atomic E-state index is 11.5. The molecule has 7 nitrogen and oxygen atoms in total. The van der Waals surface area contributed by atoms with E-state index < -0.39 is 16.9 Å². The molecule has 0 aliphatic rings. The van der Waals surface area contributed by atoms with Crippen molar-refractivity contribution in [2.45, 2.75) is 19.4 Å². The van der Waals surface area contributed by atoms with E-state index in [1.807, 2.05) is 19.0 Å². The number of nitro groups is 1. The quantitative estimate of drug-likeness (QED) is 0.476. The molecule has 1 unspecified atom stereocenters. The molecule has 1 aromatic rings. The Balaban J connectivity index is 3.04. The van der Waals surface area contributed by atoms with Gasteiger partial charge < -0.3 is 15.4 Å². The molecule has 0 heterocycles. The summed E-state index contributed by atoms with van der Waals surface area (Å²) in [7, 11) is 3.66. The van der Waals surface area contributed by atoms with Crippen molar-refractivity contribution in [3.8, 4) is 0 Å². The third kappa shape index (κ3) is 3.92. The SMILES string of the molecule is CCOC(=O)C(N)Cc1cc(N(C)C)ccc1[N+](=O)[O-]. The van der Waals surface area contributed by atoms with Gasteiger partial charge in [-0.3, -0.25) is 14.9 Å². The number of hydrogen-bond donors (Lipinski definition) is 1. The maximum Gasteiger partial charge on any atom is 0.323 e. The lowest BCUT2D eigenvalue weighted by Crippen LogP contribution is -2.34. The highest BCUT2D eigenvalue weighted by molar-refractivity contribution is 5.76. The van der Waals surface area contributed by atoms with Crippen LogP contribution in [0.4, 0.5) is 11.4 Å². The van der Waals surface area contributed by atoms with Crippen LogP contribution in [0, 0.1) is 10.1 Å². The molecule has 2 N–H and O–H groups in total. The smallest absolute Gasteiger partial charge is 0.323 e. The number of esters is 1. The normalized spacial score (nSPS) is 11.8. The van der Waals surface area contributed by atoms with Crippen molar-refractivity contribution in [3.05, 3.63) is 33.9 Å². The minimum atomic E-state index is -0.911. The van der Waals surface area contributed by atoms with Crippen molar-refractivity contribution < 1.29 is 14.5 Å². The maximum absolute atomic E-state index is 11.5. The van der Waals surface area contributed by atoms with Crippen molar-refractivity contribution in [1.29, 1.82) is 0 Å². The highest BCUT2D eigenvalue weighted by Gasteiger charge is 2.21.